The van der Waals surface area contributed by atoms with Gasteiger partial charge in [-0.3, -0.25) is 4.79 Å². The number of carbonyl (C=O) groups is 1. The van der Waals surface area contributed by atoms with E-state index in [-0.39, 0.29) is 17.4 Å². The summed E-state index contributed by atoms with van der Waals surface area (Å²) in [6.45, 7) is 0.483. The quantitative estimate of drug-likeness (QED) is 0.406. The summed E-state index contributed by atoms with van der Waals surface area (Å²) in [5.41, 5.74) is 1.54. The summed E-state index contributed by atoms with van der Waals surface area (Å²) in [7, 11) is 1.61. The highest BCUT2D eigenvalue weighted by Crippen LogP contribution is 2.29. The molecule has 1 amide bonds. The molecule has 0 bridgehead atoms. The first-order valence-electron chi connectivity index (χ1n) is 9.30. The normalized spacial score (nSPS) is 11.1. The number of aromatic nitrogens is 2. The van der Waals surface area contributed by atoms with Crippen LogP contribution in [-0.4, -0.2) is 41.9 Å². The van der Waals surface area contributed by atoms with Gasteiger partial charge in [-0.15, -0.1) is 23.4 Å². The summed E-state index contributed by atoms with van der Waals surface area (Å²) in [4.78, 5) is 12.1. The lowest BCUT2D eigenvalue weighted by molar-refractivity contribution is -0.274. The molecular weight excluding hydrogens is 465 g/mol. The van der Waals surface area contributed by atoms with Gasteiger partial charge in [0.2, 0.25) is 11.0 Å². The molecule has 0 fully saturated rings. The molecule has 2 N–H and O–H groups in total. The van der Waals surface area contributed by atoms with Gasteiger partial charge in [-0.05, 0) is 42.3 Å². The van der Waals surface area contributed by atoms with Crippen LogP contribution in [0, 0.1) is 0 Å². The molecule has 2 aromatic carbocycles. The number of carbonyl (C=O) groups excluding carboxylic acids is 1. The van der Waals surface area contributed by atoms with Gasteiger partial charge in [0.25, 0.3) is 0 Å². The maximum Gasteiger partial charge on any atom is 0.573 e. The zero-order valence-electron chi connectivity index (χ0n) is 16.8. The summed E-state index contributed by atoms with van der Waals surface area (Å²) in [6.07, 6.45) is -4.08. The van der Waals surface area contributed by atoms with Gasteiger partial charge in [0.05, 0.1) is 12.9 Å². The van der Waals surface area contributed by atoms with Crippen molar-refractivity contribution in [1.29, 1.82) is 0 Å². The lowest BCUT2D eigenvalue weighted by atomic mass is 10.1. The average molecular weight is 485 g/mol. The maximum atomic E-state index is 12.2. The second-order valence-electron chi connectivity index (χ2n) is 6.27. The first-order chi connectivity index (χ1) is 15.3. The van der Waals surface area contributed by atoms with Crippen LogP contribution in [0.5, 0.6) is 11.5 Å². The number of hydrogen-bond donors (Lipinski definition) is 2. The van der Waals surface area contributed by atoms with Crippen molar-refractivity contribution in [3.8, 4) is 11.5 Å². The Morgan fingerprint density at radius 3 is 2.59 bits per heavy atom. The van der Waals surface area contributed by atoms with Gasteiger partial charge in [-0.1, -0.05) is 41.3 Å². The van der Waals surface area contributed by atoms with Crippen molar-refractivity contribution in [2.24, 2.45) is 0 Å². The maximum absolute atomic E-state index is 12.2. The van der Waals surface area contributed by atoms with E-state index in [1.54, 1.807) is 7.11 Å². The molecule has 1 aromatic heterocycles. The molecule has 0 radical (unpaired) electrons. The summed E-state index contributed by atoms with van der Waals surface area (Å²) in [6, 6.07) is 12.9. The monoisotopic (exact) mass is 484 g/mol. The third kappa shape index (κ3) is 7.61. The van der Waals surface area contributed by atoms with E-state index in [9.17, 15) is 18.0 Å². The molecule has 0 aliphatic heterocycles. The van der Waals surface area contributed by atoms with Crippen molar-refractivity contribution in [1.82, 2.24) is 15.5 Å². The molecular formula is C20H19F3N4O3S2. The van der Waals surface area contributed by atoms with Gasteiger partial charge in [0.15, 0.2) is 4.34 Å². The largest absolute Gasteiger partial charge is 0.573 e. The Hall–Kier alpha value is -2.99. The molecule has 7 nitrogen and oxygen atoms in total. The number of hydrogen-bond acceptors (Lipinski definition) is 8. The Balaban J connectivity index is 1.41. The van der Waals surface area contributed by atoms with Crippen molar-refractivity contribution in [3.05, 3.63) is 54.1 Å². The van der Waals surface area contributed by atoms with E-state index in [0.717, 1.165) is 11.3 Å². The predicted molar refractivity (Wildman–Crippen MR) is 117 cm³/mol. The van der Waals surface area contributed by atoms with Crippen LogP contribution in [0.4, 0.5) is 24.0 Å². The number of nitrogens with one attached hydrogen (secondary N) is 2. The van der Waals surface area contributed by atoms with Crippen molar-refractivity contribution in [2.45, 2.75) is 17.1 Å². The third-order valence-corrected chi connectivity index (χ3v) is 5.95. The smallest absolute Gasteiger partial charge is 0.496 e. The van der Waals surface area contributed by atoms with Gasteiger partial charge in [-0.2, -0.15) is 0 Å². The summed E-state index contributed by atoms with van der Waals surface area (Å²) in [5, 5.41) is 14.2. The fourth-order valence-corrected chi connectivity index (χ4v) is 4.21. The van der Waals surface area contributed by atoms with E-state index >= 15 is 0 Å². The van der Waals surface area contributed by atoms with E-state index < -0.39 is 6.36 Å². The fraction of sp³-hybridized carbons (Fsp3) is 0.250. The Morgan fingerprint density at radius 1 is 1.12 bits per heavy atom. The fourth-order valence-electron chi connectivity index (χ4n) is 2.61. The molecule has 0 aliphatic carbocycles. The number of methoxy groups -OCH3 is 1. The minimum absolute atomic E-state index is 0.130. The minimum atomic E-state index is -4.74. The van der Waals surface area contributed by atoms with Crippen molar-refractivity contribution >= 4 is 39.8 Å². The van der Waals surface area contributed by atoms with Gasteiger partial charge in [-0.25, -0.2) is 0 Å². The highest BCUT2D eigenvalue weighted by Gasteiger charge is 2.30. The molecule has 0 spiro atoms. The third-order valence-electron chi connectivity index (χ3n) is 3.98. The van der Waals surface area contributed by atoms with Crippen LogP contribution in [-0.2, 0) is 11.2 Å². The number of benzene rings is 2. The molecule has 0 atom stereocenters. The molecule has 170 valence electrons. The highest BCUT2D eigenvalue weighted by atomic mass is 32.2. The van der Waals surface area contributed by atoms with Crippen molar-refractivity contribution in [3.63, 3.8) is 0 Å². The highest BCUT2D eigenvalue weighted by molar-refractivity contribution is 8.01. The Morgan fingerprint density at radius 2 is 1.88 bits per heavy atom. The lowest BCUT2D eigenvalue weighted by Crippen LogP contribution is -2.27. The Labute approximate surface area is 190 Å². The van der Waals surface area contributed by atoms with Crippen LogP contribution in [0.2, 0.25) is 0 Å². The van der Waals surface area contributed by atoms with Crippen LogP contribution in [0.15, 0.2) is 52.9 Å². The number of para-hydroxylation sites is 1. The van der Waals surface area contributed by atoms with E-state index in [4.69, 9.17) is 4.74 Å². The van der Waals surface area contributed by atoms with E-state index in [0.29, 0.717) is 28.1 Å². The first kappa shape index (κ1) is 23.7. The molecule has 3 aromatic rings. The van der Waals surface area contributed by atoms with Crippen LogP contribution >= 0.6 is 23.1 Å². The number of alkyl halides is 3. The first-order valence-corrected chi connectivity index (χ1v) is 11.1. The number of ether oxygens (including phenoxy) is 2. The zero-order valence-corrected chi connectivity index (χ0v) is 18.4. The number of halogens is 3. The Kier molecular flexibility index (Phi) is 8.17. The molecule has 0 saturated heterocycles. The van der Waals surface area contributed by atoms with Crippen LogP contribution in [0.25, 0.3) is 0 Å². The molecule has 0 unspecified atom stereocenters. The van der Waals surface area contributed by atoms with Gasteiger partial charge in [0, 0.05) is 12.2 Å². The van der Waals surface area contributed by atoms with Crippen molar-refractivity contribution in [2.75, 3.05) is 24.7 Å². The van der Waals surface area contributed by atoms with Crippen LogP contribution in [0.3, 0.4) is 0 Å². The summed E-state index contributed by atoms with van der Waals surface area (Å²) < 4.78 is 46.3. The minimum Gasteiger partial charge on any atom is -0.496 e. The van der Waals surface area contributed by atoms with Gasteiger partial charge in [0.1, 0.15) is 11.5 Å². The topological polar surface area (TPSA) is 85.4 Å². The second-order valence-corrected chi connectivity index (χ2v) is 8.47. The molecule has 0 aliphatic rings. The standard InChI is InChI=1S/C20H19F3N4O3S2/c1-29-16-5-3-2-4-13(16)10-11-24-17(28)12-31-19-27-26-18(32-19)25-14-6-8-15(9-7-14)30-20(21,22)23/h2-9H,10-12H2,1H3,(H,24,28)(H,25,26). The SMILES string of the molecule is COc1ccccc1CCNC(=O)CSc1nnc(Nc2ccc(OC(F)(F)F)cc2)s1. The zero-order chi connectivity index (χ0) is 23.0. The average Bonchev–Trinajstić information content (AvgIpc) is 3.20. The molecule has 3 rings (SSSR count). The van der Waals surface area contributed by atoms with E-state index in [1.807, 2.05) is 24.3 Å². The van der Waals surface area contributed by atoms with Gasteiger partial charge >= 0.3 is 6.36 Å². The molecule has 32 heavy (non-hydrogen) atoms. The molecule has 0 saturated carbocycles. The number of nitrogens with zero attached hydrogens (tertiary/aromatic N) is 2. The summed E-state index contributed by atoms with van der Waals surface area (Å²) >= 11 is 2.48. The van der Waals surface area contributed by atoms with Crippen molar-refractivity contribution < 1.29 is 27.4 Å². The number of thioether (sulfide) groups is 1. The van der Waals surface area contributed by atoms with Crippen LogP contribution in [0.1, 0.15) is 5.56 Å². The van der Waals surface area contributed by atoms with E-state index in [2.05, 4.69) is 25.6 Å². The number of rotatable bonds is 10. The molecule has 12 heteroatoms. The van der Waals surface area contributed by atoms with E-state index in [1.165, 1.54) is 47.4 Å². The van der Waals surface area contributed by atoms with Crippen LogP contribution < -0.4 is 20.1 Å². The second kappa shape index (κ2) is 11.0. The lowest BCUT2D eigenvalue weighted by Gasteiger charge is -2.09. The Bertz CT molecular complexity index is 1030. The summed E-state index contributed by atoms with van der Waals surface area (Å²) in [5.74, 6) is 0.528. The molecule has 1 heterocycles. The predicted octanol–water partition coefficient (Wildman–Crippen LogP) is 4.64. The number of amides is 1. The number of anilines is 2. The van der Waals surface area contributed by atoms with Gasteiger partial charge < -0.3 is 20.1 Å².